The molecule has 0 spiro atoms. The Labute approximate surface area is 95.6 Å². The van der Waals surface area contributed by atoms with E-state index in [1.54, 1.807) is 36.0 Å². The highest BCUT2D eigenvalue weighted by molar-refractivity contribution is 7.12. The highest BCUT2D eigenvalue weighted by Gasteiger charge is 2.04. The predicted octanol–water partition coefficient (Wildman–Crippen LogP) is 2.45. The second-order valence-corrected chi connectivity index (χ2v) is 4.32. The highest BCUT2D eigenvalue weighted by atomic mass is 32.1. The largest absolute Gasteiger partial charge is 0.308 e. The normalized spacial score (nSPS) is 10.8. The van der Waals surface area contributed by atoms with Crippen molar-refractivity contribution < 1.29 is 0 Å². The molecule has 0 aliphatic rings. The number of rotatable bonds is 1. The maximum absolute atomic E-state index is 11.7. The smallest absolute Gasteiger partial charge is 0.190 e. The van der Waals surface area contributed by atoms with Crippen molar-refractivity contribution in [3.63, 3.8) is 0 Å². The van der Waals surface area contributed by atoms with Crippen LogP contribution in [-0.2, 0) is 0 Å². The summed E-state index contributed by atoms with van der Waals surface area (Å²) in [5.41, 5.74) is 0.904. The minimum absolute atomic E-state index is 0.0101. The van der Waals surface area contributed by atoms with Crippen molar-refractivity contribution in [2.45, 2.75) is 0 Å². The van der Waals surface area contributed by atoms with Crippen molar-refractivity contribution in [3.8, 4) is 5.00 Å². The summed E-state index contributed by atoms with van der Waals surface area (Å²) in [7, 11) is 0. The van der Waals surface area contributed by atoms with Gasteiger partial charge in [-0.3, -0.25) is 9.78 Å². The van der Waals surface area contributed by atoms with E-state index >= 15 is 0 Å². The van der Waals surface area contributed by atoms with Crippen LogP contribution in [0, 0.1) is 0 Å². The van der Waals surface area contributed by atoms with E-state index in [4.69, 9.17) is 0 Å². The lowest BCUT2D eigenvalue weighted by atomic mass is 10.2. The van der Waals surface area contributed by atoms with Crippen molar-refractivity contribution in [2.24, 2.45) is 0 Å². The van der Waals surface area contributed by atoms with Crippen LogP contribution in [0.4, 0.5) is 0 Å². The number of fused-ring (bicyclic) bond motifs is 1. The van der Waals surface area contributed by atoms with E-state index in [0.717, 1.165) is 10.5 Å². The fourth-order valence-electron chi connectivity index (χ4n) is 1.70. The third-order valence-electron chi connectivity index (χ3n) is 2.44. The summed E-state index contributed by atoms with van der Waals surface area (Å²) in [4.78, 5) is 15.6. The minimum atomic E-state index is 0.0101. The van der Waals surface area contributed by atoms with Gasteiger partial charge in [0.15, 0.2) is 5.43 Å². The Bertz CT molecular complexity index is 686. The number of pyridine rings is 2. The van der Waals surface area contributed by atoms with E-state index in [0.29, 0.717) is 5.39 Å². The molecule has 0 aliphatic heterocycles. The van der Waals surface area contributed by atoms with Gasteiger partial charge in [0.25, 0.3) is 0 Å². The Kier molecular flexibility index (Phi) is 2.08. The van der Waals surface area contributed by atoms with Crippen molar-refractivity contribution in [3.05, 3.63) is 58.5 Å². The molecule has 0 aromatic carbocycles. The summed E-state index contributed by atoms with van der Waals surface area (Å²) in [6.07, 6.45) is 5.12. The van der Waals surface area contributed by atoms with E-state index in [1.165, 1.54) is 0 Å². The summed E-state index contributed by atoms with van der Waals surface area (Å²) >= 11 is 1.64. The molecule has 4 heteroatoms. The molecule has 0 atom stereocenters. The van der Waals surface area contributed by atoms with Crippen LogP contribution in [0.1, 0.15) is 0 Å². The van der Waals surface area contributed by atoms with Crippen LogP contribution in [-0.4, -0.2) is 9.55 Å². The maximum atomic E-state index is 11.7. The van der Waals surface area contributed by atoms with Gasteiger partial charge in [0.2, 0.25) is 0 Å². The molecule has 0 radical (unpaired) electrons. The Morgan fingerprint density at radius 2 is 2.19 bits per heavy atom. The molecule has 0 saturated heterocycles. The number of hydrogen-bond donors (Lipinski definition) is 0. The van der Waals surface area contributed by atoms with Gasteiger partial charge in [0.05, 0.1) is 15.9 Å². The lowest BCUT2D eigenvalue weighted by Crippen LogP contribution is -2.05. The molecule has 0 unspecified atom stereocenters. The zero-order chi connectivity index (χ0) is 11.0. The first kappa shape index (κ1) is 9.30. The topological polar surface area (TPSA) is 34.9 Å². The number of nitrogens with zero attached hydrogens (tertiary/aromatic N) is 2. The van der Waals surface area contributed by atoms with Crippen molar-refractivity contribution in [1.82, 2.24) is 9.55 Å². The lowest BCUT2D eigenvalue weighted by Gasteiger charge is -2.07. The second kappa shape index (κ2) is 3.57. The summed E-state index contributed by atoms with van der Waals surface area (Å²) in [6.45, 7) is 0. The molecule has 3 aromatic rings. The summed E-state index contributed by atoms with van der Waals surface area (Å²) < 4.78 is 2.00. The first-order valence-corrected chi connectivity index (χ1v) is 5.73. The first-order valence-electron chi connectivity index (χ1n) is 4.85. The molecular weight excluding hydrogens is 220 g/mol. The van der Waals surface area contributed by atoms with Gasteiger partial charge >= 0.3 is 0 Å². The van der Waals surface area contributed by atoms with E-state index < -0.39 is 0 Å². The molecule has 78 valence electrons. The van der Waals surface area contributed by atoms with Gasteiger partial charge in [-0.25, -0.2) is 0 Å². The molecular formula is C12H8N2OS. The standard InChI is InChI=1S/C12H8N2OS/c15-11-4-6-14(12-2-1-7-16-12)10-3-5-13-8-9(10)11/h1-8H. The monoisotopic (exact) mass is 228 g/mol. The zero-order valence-corrected chi connectivity index (χ0v) is 9.15. The average Bonchev–Trinajstić information content (AvgIpc) is 2.83. The summed E-state index contributed by atoms with van der Waals surface area (Å²) in [6, 6.07) is 7.44. The van der Waals surface area contributed by atoms with Crippen molar-refractivity contribution in [2.75, 3.05) is 0 Å². The Balaban J connectivity index is 2.43. The molecule has 3 aromatic heterocycles. The Morgan fingerprint density at radius 1 is 1.25 bits per heavy atom. The van der Waals surface area contributed by atoms with Crippen LogP contribution in [0.3, 0.4) is 0 Å². The SMILES string of the molecule is O=c1ccn(-c2cccs2)c2ccncc12. The molecule has 0 N–H and O–H groups in total. The van der Waals surface area contributed by atoms with Gasteiger partial charge in [-0.2, -0.15) is 0 Å². The van der Waals surface area contributed by atoms with E-state index in [1.807, 2.05) is 28.1 Å². The molecule has 0 amide bonds. The lowest BCUT2D eigenvalue weighted by molar-refractivity contribution is 1.12. The van der Waals surface area contributed by atoms with Gasteiger partial charge in [0.1, 0.15) is 0 Å². The van der Waals surface area contributed by atoms with Gasteiger partial charge in [-0.05, 0) is 23.6 Å². The molecule has 3 rings (SSSR count). The predicted molar refractivity (Wildman–Crippen MR) is 65.2 cm³/mol. The van der Waals surface area contributed by atoms with Gasteiger partial charge < -0.3 is 4.57 Å². The van der Waals surface area contributed by atoms with Gasteiger partial charge in [-0.1, -0.05) is 0 Å². The van der Waals surface area contributed by atoms with Crippen LogP contribution >= 0.6 is 11.3 Å². The highest BCUT2D eigenvalue weighted by Crippen LogP contribution is 2.19. The summed E-state index contributed by atoms with van der Waals surface area (Å²) in [5, 5.41) is 3.76. The minimum Gasteiger partial charge on any atom is -0.308 e. The van der Waals surface area contributed by atoms with E-state index in [9.17, 15) is 4.79 Å². The van der Waals surface area contributed by atoms with Gasteiger partial charge in [-0.15, -0.1) is 11.3 Å². The summed E-state index contributed by atoms with van der Waals surface area (Å²) in [5.74, 6) is 0. The van der Waals surface area contributed by atoms with E-state index in [-0.39, 0.29) is 5.43 Å². The third-order valence-corrected chi connectivity index (χ3v) is 3.31. The Morgan fingerprint density at radius 3 is 3.00 bits per heavy atom. The molecule has 0 bridgehead atoms. The van der Waals surface area contributed by atoms with Crippen LogP contribution in [0.25, 0.3) is 15.9 Å². The quantitative estimate of drug-likeness (QED) is 0.641. The molecule has 0 saturated carbocycles. The number of aromatic nitrogens is 2. The first-order chi connectivity index (χ1) is 7.86. The van der Waals surface area contributed by atoms with Crippen LogP contribution in [0.15, 0.2) is 53.0 Å². The number of hydrogen-bond acceptors (Lipinski definition) is 3. The average molecular weight is 228 g/mol. The fourth-order valence-corrected chi connectivity index (χ4v) is 2.42. The van der Waals surface area contributed by atoms with Gasteiger partial charge in [0, 0.05) is 24.7 Å². The molecule has 0 aliphatic carbocycles. The third kappa shape index (κ3) is 1.35. The Hall–Kier alpha value is -1.94. The molecule has 3 heterocycles. The number of thiophene rings is 1. The van der Waals surface area contributed by atoms with Crippen LogP contribution < -0.4 is 5.43 Å². The second-order valence-electron chi connectivity index (χ2n) is 3.39. The van der Waals surface area contributed by atoms with Crippen molar-refractivity contribution >= 4 is 22.2 Å². The van der Waals surface area contributed by atoms with Crippen LogP contribution in [0.2, 0.25) is 0 Å². The molecule has 3 nitrogen and oxygen atoms in total. The maximum Gasteiger partial charge on any atom is 0.190 e. The van der Waals surface area contributed by atoms with Crippen molar-refractivity contribution in [1.29, 1.82) is 0 Å². The molecule has 16 heavy (non-hydrogen) atoms. The zero-order valence-electron chi connectivity index (χ0n) is 8.33. The fraction of sp³-hybridized carbons (Fsp3) is 0. The molecule has 0 fully saturated rings. The van der Waals surface area contributed by atoms with E-state index in [2.05, 4.69) is 4.98 Å². The van der Waals surface area contributed by atoms with Crippen LogP contribution in [0.5, 0.6) is 0 Å².